The first-order chi connectivity index (χ1) is 9.13. The van der Waals surface area contributed by atoms with Crippen molar-refractivity contribution in [2.75, 3.05) is 26.9 Å². The molecule has 0 aliphatic rings. The van der Waals surface area contributed by atoms with Crippen molar-refractivity contribution in [2.45, 2.75) is 12.6 Å². The van der Waals surface area contributed by atoms with E-state index in [-0.39, 0.29) is 24.9 Å². The maximum atomic E-state index is 11.4. The van der Waals surface area contributed by atoms with Crippen molar-refractivity contribution >= 4 is 29.9 Å². The number of methoxy groups -OCH3 is 1. The highest BCUT2D eigenvalue weighted by atomic mass is 35.5. The molecule has 0 aromatic heterocycles. The monoisotopic (exact) mass is 322 g/mol. The minimum atomic E-state index is -0.638. The summed E-state index contributed by atoms with van der Waals surface area (Å²) in [7, 11) is 1.50. The van der Waals surface area contributed by atoms with Crippen LogP contribution in [-0.4, -0.2) is 38.8 Å². The molecule has 1 rings (SSSR count). The molecule has 0 fully saturated rings. The van der Waals surface area contributed by atoms with Crippen molar-refractivity contribution in [1.82, 2.24) is 5.32 Å². The van der Waals surface area contributed by atoms with Crippen molar-refractivity contribution in [1.29, 1.82) is 0 Å². The Kier molecular flexibility index (Phi) is 10.4. The van der Waals surface area contributed by atoms with Crippen LogP contribution in [0.4, 0.5) is 0 Å². The highest BCUT2D eigenvalue weighted by molar-refractivity contribution is 6.30. The van der Waals surface area contributed by atoms with Crippen LogP contribution in [0.1, 0.15) is 5.56 Å². The molecule has 0 aliphatic carbocycles. The molecule has 3 N–H and O–H groups in total. The number of nitrogens with one attached hydrogen (secondary N) is 1. The summed E-state index contributed by atoms with van der Waals surface area (Å²) in [4.78, 5) is 11.4. The van der Waals surface area contributed by atoms with Gasteiger partial charge in [-0.3, -0.25) is 4.79 Å². The molecule has 0 bridgehead atoms. The Bertz CT molecular complexity index is 388. The van der Waals surface area contributed by atoms with E-state index in [1.54, 1.807) is 0 Å². The minimum absolute atomic E-state index is 0. The van der Waals surface area contributed by atoms with Gasteiger partial charge in [-0.2, -0.15) is 0 Å². The number of amides is 1. The fourth-order valence-corrected chi connectivity index (χ4v) is 1.53. The highest BCUT2D eigenvalue weighted by Crippen LogP contribution is 2.09. The van der Waals surface area contributed by atoms with E-state index in [2.05, 4.69) is 5.32 Å². The predicted octanol–water partition coefficient (Wildman–Crippen LogP) is 1.37. The molecule has 0 spiro atoms. The summed E-state index contributed by atoms with van der Waals surface area (Å²) in [6, 6.07) is 6.78. The lowest BCUT2D eigenvalue weighted by Gasteiger charge is -2.11. The highest BCUT2D eigenvalue weighted by Gasteiger charge is 2.11. The SMILES string of the molecule is COCC(N)C(=O)NCCOCc1ccc(Cl)cc1.Cl. The number of rotatable bonds is 8. The lowest BCUT2D eigenvalue weighted by Crippen LogP contribution is -2.44. The third-order valence-corrected chi connectivity index (χ3v) is 2.66. The Labute approximate surface area is 130 Å². The Morgan fingerprint density at radius 2 is 2.05 bits per heavy atom. The topological polar surface area (TPSA) is 73.6 Å². The van der Waals surface area contributed by atoms with E-state index in [1.165, 1.54) is 7.11 Å². The van der Waals surface area contributed by atoms with E-state index < -0.39 is 6.04 Å². The molecule has 0 radical (unpaired) electrons. The van der Waals surface area contributed by atoms with Crippen LogP contribution in [0.2, 0.25) is 5.02 Å². The first kappa shape index (κ1) is 19.1. The number of ether oxygens (including phenoxy) is 2. The minimum Gasteiger partial charge on any atom is -0.383 e. The van der Waals surface area contributed by atoms with Gasteiger partial charge < -0.3 is 20.5 Å². The molecule has 5 nitrogen and oxygen atoms in total. The zero-order valence-electron chi connectivity index (χ0n) is 11.3. The van der Waals surface area contributed by atoms with Gasteiger partial charge in [0, 0.05) is 18.7 Å². The molecule has 1 atom stereocenters. The van der Waals surface area contributed by atoms with E-state index in [4.69, 9.17) is 26.8 Å². The molecule has 114 valence electrons. The summed E-state index contributed by atoms with van der Waals surface area (Å²) in [5.41, 5.74) is 6.59. The molecule has 0 heterocycles. The number of nitrogens with two attached hydrogens (primary N) is 1. The van der Waals surface area contributed by atoms with Crippen LogP contribution in [-0.2, 0) is 20.9 Å². The maximum Gasteiger partial charge on any atom is 0.239 e. The largest absolute Gasteiger partial charge is 0.383 e. The lowest BCUT2D eigenvalue weighted by atomic mass is 10.2. The number of benzene rings is 1. The zero-order valence-corrected chi connectivity index (χ0v) is 12.9. The van der Waals surface area contributed by atoms with Gasteiger partial charge in [-0.25, -0.2) is 0 Å². The lowest BCUT2D eigenvalue weighted by molar-refractivity contribution is -0.123. The average Bonchev–Trinajstić information content (AvgIpc) is 2.40. The fourth-order valence-electron chi connectivity index (χ4n) is 1.40. The third kappa shape index (κ3) is 7.67. The van der Waals surface area contributed by atoms with Crippen LogP contribution in [0.3, 0.4) is 0 Å². The van der Waals surface area contributed by atoms with Gasteiger partial charge in [0.1, 0.15) is 6.04 Å². The van der Waals surface area contributed by atoms with Crippen LogP contribution in [0, 0.1) is 0 Å². The van der Waals surface area contributed by atoms with Crippen LogP contribution in [0.15, 0.2) is 24.3 Å². The summed E-state index contributed by atoms with van der Waals surface area (Å²) in [6.45, 7) is 1.53. The van der Waals surface area contributed by atoms with E-state index in [0.29, 0.717) is 24.8 Å². The summed E-state index contributed by atoms with van der Waals surface area (Å²) >= 11 is 5.78. The van der Waals surface area contributed by atoms with E-state index >= 15 is 0 Å². The molecule has 1 unspecified atom stereocenters. The second-order valence-corrected chi connectivity index (χ2v) is 4.47. The average molecular weight is 323 g/mol. The van der Waals surface area contributed by atoms with Gasteiger partial charge >= 0.3 is 0 Å². The molecule has 1 aromatic carbocycles. The van der Waals surface area contributed by atoms with Gasteiger partial charge in [-0.1, -0.05) is 23.7 Å². The Morgan fingerprint density at radius 1 is 1.40 bits per heavy atom. The van der Waals surface area contributed by atoms with Crippen LogP contribution < -0.4 is 11.1 Å². The van der Waals surface area contributed by atoms with Crippen LogP contribution in [0.25, 0.3) is 0 Å². The number of hydrogen-bond donors (Lipinski definition) is 2. The van der Waals surface area contributed by atoms with Crippen LogP contribution in [0.5, 0.6) is 0 Å². The van der Waals surface area contributed by atoms with Crippen LogP contribution >= 0.6 is 24.0 Å². The van der Waals surface area contributed by atoms with Gasteiger partial charge in [-0.05, 0) is 17.7 Å². The van der Waals surface area contributed by atoms with Crippen molar-refractivity contribution in [3.8, 4) is 0 Å². The normalized spacial score (nSPS) is 11.6. The first-order valence-electron chi connectivity index (χ1n) is 5.98. The van der Waals surface area contributed by atoms with Crippen molar-refractivity contribution in [3.63, 3.8) is 0 Å². The third-order valence-electron chi connectivity index (χ3n) is 2.41. The molecular formula is C13H20Cl2N2O3. The molecule has 1 amide bonds. The summed E-state index contributed by atoms with van der Waals surface area (Å²) in [5, 5.41) is 3.37. The predicted molar refractivity (Wildman–Crippen MR) is 81.2 cm³/mol. The maximum absolute atomic E-state index is 11.4. The van der Waals surface area contributed by atoms with E-state index in [9.17, 15) is 4.79 Å². The summed E-state index contributed by atoms with van der Waals surface area (Å²) < 4.78 is 10.2. The van der Waals surface area contributed by atoms with Crippen molar-refractivity contribution < 1.29 is 14.3 Å². The van der Waals surface area contributed by atoms with Gasteiger partial charge in [0.25, 0.3) is 0 Å². The van der Waals surface area contributed by atoms with E-state index in [1.807, 2.05) is 24.3 Å². The molecule has 20 heavy (non-hydrogen) atoms. The number of halogens is 2. The van der Waals surface area contributed by atoms with Crippen molar-refractivity contribution in [2.24, 2.45) is 5.73 Å². The number of carbonyl (C=O) groups excluding carboxylic acids is 1. The smallest absolute Gasteiger partial charge is 0.239 e. The molecule has 0 saturated heterocycles. The molecule has 0 saturated carbocycles. The van der Waals surface area contributed by atoms with Gasteiger partial charge in [0.2, 0.25) is 5.91 Å². The van der Waals surface area contributed by atoms with Gasteiger partial charge in [-0.15, -0.1) is 12.4 Å². The Hall–Kier alpha value is -0.850. The fraction of sp³-hybridized carbons (Fsp3) is 0.462. The number of carbonyl (C=O) groups is 1. The Balaban J connectivity index is 0.00000361. The number of hydrogen-bond acceptors (Lipinski definition) is 4. The summed E-state index contributed by atoms with van der Waals surface area (Å²) in [5.74, 6) is -0.239. The first-order valence-corrected chi connectivity index (χ1v) is 6.35. The van der Waals surface area contributed by atoms with Crippen molar-refractivity contribution in [3.05, 3.63) is 34.9 Å². The Morgan fingerprint density at radius 3 is 2.65 bits per heavy atom. The second-order valence-electron chi connectivity index (χ2n) is 4.03. The van der Waals surface area contributed by atoms with Gasteiger partial charge in [0.05, 0.1) is 19.8 Å². The standard InChI is InChI=1S/C13H19ClN2O3.ClH/c1-18-9-12(15)13(17)16-6-7-19-8-10-2-4-11(14)5-3-10;/h2-5,12H,6-9,15H2,1H3,(H,16,17);1H. The molecule has 7 heteroatoms. The quantitative estimate of drug-likeness (QED) is 0.709. The zero-order chi connectivity index (χ0) is 14.1. The summed E-state index contributed by atoms with van der Waals surface area (Å²) in [6.07, 6.45) is 0. The second kappa shape index (κ2) is 10.9. The molecule has 0 aliphatic heterocycles. The molecule has 1 aromatic rings. The molecular weight excluding hydrogens is 303 g/mol. The van der Waals surface area contributed by atoms with E-state index in [0.717, 1.165) is 5.56 Å². The van der Waals surface area contributed by atoms with Gasteiger partial charge in [0.15, 0.2) is 0 Å².